The third-order valence-corrected chi connectivity index (χ3v) is 7.58. The van der Waals surface area contributed by atoms with Gasteiger partial charge in [0.15, 0.2) is 0 Å². The summed E-state index contributed by atoms with van der Waals surface area (Å²) >= 11 is 6.52. The second-order valence-corrected chi connectivity index (χ2v) is 17.0. The monoisotopic (exact) mass is 479 g/mol. The maximum Gasteiger partial charge on any atom is 0.410 e. The quantitative estimate of drug-likeness (QED) is 0.373. The number of nitrogens with zero attached hydrogens (tertiary/aromatic N) is 3. The Labute approximate surface area is 198 Å². The van der Waals surface area contributed by atoms with Crippen LogP contribution in [0.1, 0.15) is 27.7 Å². The van der Waals surface area contributed by atoms with E-state index in [9.17, 15) is 4.79 Å². The predicted molar refractivity (Wildman–Crippen MR) is 136 cm³/mol. The average molecular weight is 480 g/mol. The molecule has 2 heterocycles. The van der Waals surface area contributed by atoms with Crippen molar-refractivity contribution in [3.8, 4) is 0 Å². The zero-order valence-electron chi connectivity index (χ0n) is 20.6. The molecule has 1 aliphatic heterocycles. The summed E-state index contributed by atoms with van der Waals surface area (Å²) in [7, 11) is -1.11. The molecule has 1 fully saturated rings. The number of ether oxygens (including phenoxy) is 2. The van der Waals surface area contributed by atoms with Crippen molar-refractivity contribution in [2.75, 3.05) is 31.1 Å². The van der Waals surface area contributed by atoms with E-state index in [0.29, 0.717) is 18.3 Å². The van der Waals surface area contributed by atoms with Gasteiger partial charge in [0.05, 0.1) is 5.52 Å². The summed E-state index contributed by atoms with van der Waals surface area (Å²) < 4.78 is 13.7. The molecule has 8 heteroatoms. The first kappa shape index (κ1) is 24.9. The fourth-order valence-electron chi connectivity index (χ4n) is 3.93. The van der Waals surface area contributed by atoms with Crippen LogP contribution >= 0.6 is 11.6 Å². The lowest BCUT2D eigenvalue weighted by Crippen LogP contribution is -2.55. The smallest absolute Gasteiger partial charge is 0.410 e. The predicted octanol–water partition coefficient (Wildman–Crippen LogP) is 6.05. The van der Waals surface area contributed by atoms with E-state index < -0.39 is 13.7 Å². The number of hydrogen-bond donors (Lipinski definition) is 0. The summed E-state index contributed by atoms with van der Waals surface area (Å²) in [5.41, 5.74) is 1.68. The Morgan fingerprint density at radius 2 is 1.94 bits per heavy atom. The third kappa shape index (κ3) is 6.42. The zero-order valence-corrected chi connectivity index (χ0v) is 22.3. The van der Waals surface area contributed by atoms with Crippen LogP contribution in [0.15, 0.2) is 24.4 Å². The van der Waals surface area contributed by atoms with Crippen molar-refractivity contribution < 1.29 is 14.3 Å². The van der Waals surface area contributed by atoms with Crippen molar-refractivity contribution in [1.29, 1.82) is 0 Å². The molecule has 1 amide bonds. The van der Waals surface area contributed by atoms with Gasteiger partial charge in [0, 0.05) is 62.6 Å². The van der Waals surface area contributed by atoms with Crippen LogP contribution in [-0.2, 0) is 16.2 Å². The van der Waals surface area contributed by atoms with Crippen molar-refractivity contribution in [2.24, 2.45) is 0 Å². The molecule has 1 saturated heterocycles. The Kier molecular flexibility index (Phi) is 7.52. The fourth-order valence-corrected chi connectivity index (χ4v) is 4.89. The summed E-state index contributed by atoms with van der Waals surface area (Å²) in [4.78, 5) is 16.7. The molecule has 0 N–H and O–H groups in total. The lowest BCUT2D eigenvalue weighted by Gasteiger charge is -2.41. The van der Waals surface area contributed by atoms with Crippen molar-refractivity contribution in [2.45, 2.75) is 71.8 Å². The minimum atomic E-state index is -1.11. The van der Waals surface area contributed by atoms with Crippen LogP contribution in [0.4, 0.5) is 10.5 Å². The Balaban J connectivity index is 1.73. The highest BCUT2D eigenvalue weighted by Crippen LogP contribution is 2.33. The van der Waals surface area contributed by atoms with Crippen molar-refractivity contribution in [3.05, 3.63) is 29.4 Å². The summed E-state index contributed by atoms with van der Waals surface area (Å²) in [5.74, 6) is 0. The van der Waals surface area contributed by atoms with Gasteiger partial charge in [-0.05, 0) is 51.9 Å². The van der Waals surface area contributed by atoms with Crippen LogP contribution in [0.2, 0.25) is 30.7 Å². The molecule has 32 heavy (non-hydrogen) atoms. The highest BCUT2D eigenvalue weighted by Gasteiger charge is 2.31. The maximum atomic E-state index is 12.6. The van der Waals surface area contributed by atoms with E-state index in [2.05, 4.69) is 48.3 Å². The van der Waals surface area contributed by atoms with Crippen LogP contribution in [0.5, 0.6) is 0 Å². The zero-order chi connectivity index (χ0) is 23.7. The van der Waals surface area contributed by atoms with Crippen LogP contribution < -0.4 is 4.90 Å². The Morgan fingerprint density at radius 1 is 1.22 bits per heavy atom. The van der Waals surface area contributed by atoms with Crippen LogP contribution in [0, 0.1) is 0 Å². The van der Waals surface area contributed by atoms with Crippen LogP contribution in [0.25, 0.3) is 10.9 Å². The second kappa shape index (κ2) is 9.65. The third-order valence-electron chi connectivity index (χ3n) is 5.65. The lowest BCUT2D eigenvalue weighted by molar-refractivity contribution is 0.0159. The molecular formula is C24H38ClN3O3Si. The molecule has 178 valence electrons. The molecule has 1 aromatic heterocycles. The Bertz CT molecular complexity index is 948. The van der Waals surface area contributed by atoms with Gasteiger partial charge >= 0.3 is 6.09 Å². The number of carbonyl (C=O) groups excluding carboxylic acids is 1. The van der Waals surface area contributed by atoms with E-state index in [1.54, 1.807) is 0 Å². The first-order chi connectivity index (χ1) is 14.8. The van der Waals surface area contributed by atoms with Crippen molar-refractivity contribution >= 4 is 42.4 Å². The molecule has 0 aliphatic carbocycles. The van der Waals surface area contributed by atoms with E-state index in [-0.39, 0.29) is 12.1 Å². The number of hydrogen-bond acceptors (Lipinski definition) is 4. The molecule has 0 bridgehead atoms. The number of halogens is 1. The highest BCUT2D eigenvalue weighted by atomic mass is 35.5. The van der Waals surface area contributed by atoms with Gasteiger partial charge in [0.25, 0.3) is 0 Å². The number of piperazine rings is 1. The number of fused-ring (bicyclic) bond motifs is 1. The number of aromatic nitrogens is 1. The second-order valence-electron chi connectivity index (χ2n) is 11.0. The molecule has 1 atom stereocenters. The van der Waals surface area contributed by atoms with Gasteiger partial charge in [-0.25, -0.2) is 4.79 Å². The number of benzene rings is 1. The van der Waals surface area contributed by atoms with Gasteiger partial charge in [0.2, 0.25) is 0 Å². The molecule has 2 aromatic rings. The number of rotatable bonds is 6. The van der Waals surface area contributed by atoms with Crippen LogP contribution in [-0.4, -0.2) is 61.5 Å². The summed E-state index contributed by atoms with van der Waals surface area (Å²) in [6.45, 7) is 18.2. The van der Waals surface area contributed by atoms with E-state index in [1.807, 2.05) is 37.8 Å². The van der Waals surface area contributed by atoms with Crippen LogP contribution in [0.3, 0.4) is 0 Å². The first-order valence-corrected chi connectivity index (χ1v) is 15.5. The molecule has 1 aromatic carbocycles. The Hall–Kier alpha value is -1.70. The van der Waals surface area contributed by atoms with E-state index in [1.165, 1.54) is 0 Å². The normalized spacial score (nSPS) is 17.8. The summed E-state index contributed by atoms with van der Waals surface area (Å²) in [6.07, 6.45) is 1.82. The molecule has 1 aliphatic rings. The van der Waals surface area contributed by atoms with Gasteiger partial charge in [-0.3, -0.25) is 0 Å². The van der Waals surface area contributed by atoms with Gasteiger partial charge in [0.1, 0.15) is 12.3 Å². The molecule has 0 saturated carbocycles. The summed E-state index contributed by atoms with van der Waals surface area (Å²) in [6, 6.07) is 7.35. The molecule has 3 rings (SSSR count). The average Bonchev–Trinajstić information content (AvgIpc) is 3.05. The van der Waals surface area contributed by atoms with Gasteiger partial charge in [-0.15, -0.1) is 0 Å². The molecule has 0 unspecified atom stereocenters. The SMILES string of the molecule is C[C@@H]1CN(c2cc(Cl)cc3c2ccn3COCC[Si](C)(C)C)CCN1C(=O)OC(C)(C)C. The standard InChI is InChI=1S/C24H38ClN3O3Si/c1-18-16-26(10-11-28(18)23(29)31-24(2,3)4)21-14-19(25)15-22-20(21)8-9-27(22)17-30-12-13-32(5,6)7/h8-9,14-15,18H,10-13,16-17H2,1-7H3/t18-/m1/s1. The van der Waals surface area contributed by atoms with Crippen molar-refractivity contribution in [3.63, 3.8) is 0 Å². The molecular weight excluding hydrogens is 442 g/mol. The lowest BCUT2D eigenvalue weighted by atomic mass is 10.1. The summed E-state index contributed by atoms with van der Waals surface area (Å²) in [5, 5.41) is 1.86. The van der Waals surface area contributed by atoms with E-state index in [0.717, 1.165) is 42.3 Å². The first-order valence-electron chi connectivity index (χ1n) is 11.4. The molecule has 0 spiro atoms. The van der Waals surface area contributed by atoms with Gasteiger partial charge in [-0.2, -0.15) is 0 Å². The number of carbonyl (C=O) groups is 1. The Morgan fingerprint density at radius 3 is 2.56 bits per heavy atom. The van der Waals surface area contributed by atoms with Gasteiger partial charge < -0.3 is 23.8 Å². The minimum Gasteiger partial charge on any atom is -0.444 e. The molecule has 0 radical (unpaired) electrons. The molecule has 6 nitrogen and oxygen atoms in total. The number of amides is 1. The fraction of sp³-hybridized carbons (Fsp3) is 0.625. The number of anilines is 1. The largest absolute Gasteiger partial charge is 0.444 e. The van der Waals surface area contributed by atoms with Gasteiger partial charge in [-0.1, -0.05) is 31.2 Å². The topological polar surface area (TPSA) is 46.9 Å². The maximum absolute atomic E-state index is 12.6. The van der Waals surface area contributed by atoms with E-state index >= 15 is 0 Å². The van der Waals surface area contributed by atoms with E-state index in [4.69, 9.17) is 21.1 Å². The minimum absolute atomic E-state index is 0.0413. The highest BCUT2D eigenvalue weighted by molar-refractivity contribution is 6.76. The van der Waals surface area contributed by atoms with Crippen molar-refractivity contribution in [1.82, 2.24) is 9.47 Å².